The Kier molecular flexibility index (Phi) is 3.14. The lowest BCUT2D eigenvalue weighted by atomic mass is 10.0. The first kappa shape index (κ1) is 12.7. The van der Waals surface area contributed by atoms with Crippen LogP contribution in [0.2, 0.25) is 0 Å². The third kappa shape index (κ3) is 2.25. The van der Waals surface area contributed by atoms with Crippen LogP contribution in [0.1, 0.15) is 27.2 Å². The van der Waals surface area contributed by atoms with Gasteiger partial charge in [0.15, 0.2) is 0 Å². The second kappa shape index (κ2) is 4.96. The summed E-state index contributed by atoms with van der Waals surface area (Å²) in [6.45, 7) is 3.26. The van der Waals surface area contributed by atoms with Gasteiger partial charge in [0.25, 0.3) is 5.91 Å². The maximum atomic E-state index is 12.5. The first-order valence-corrected chi connectivity index (χ1v) is 6.73. The van der Waals surface area contributed by atoms with E-state index < -0.39 is 0 Å². The molecule has 0 saturated heterocycles. The molecule has 0 bridgehead atoms. The normalized spacial score (nSPS) is 13.9. The lowest BCUT2D eigenvalue weighted by Gasteiger charge is -2.28. The Morgan fingerprint density at radius 3 is 3.00 bits per heavy atom. The Balaban J connectivity index is 1.84. The summed E-state index contributed by atoms with van der Waals surface area (Å²) in [7, 11) is 0. The third-order valence-corrected chi connectivity index (χ3v) is 3.77. The fraction of sp³-hybridized carbons (Fsp3) is 0.250. The van der Waals surface area contributed by atoms with Gasteiger partial charge in [-0.15, -0.1) is 0 Å². The zero-order chi connectivity index (χ0) is 14.1. The number of nitrogens with two attached hydrogens (primary N) is 1. The standard InChI is InChI=1S/C16H17N3O/c1-11-9-12(4-5-14(11)17)16(20)19-8-6-15-13(10-19)3-2-7-18-15/h2-5,7,9H,6,8,10,17H2,1H3. The van der Waals surface area contributed by atoms with E-state index in [1.54, 1.807) is 18.3 Å². The molecule has 2 heterocycles. The largest absolute Gasteiger partial charge is 0.399 e. The molecule has 0 aliphatic carbocycles. The summed E-state index contributed by atoms with van der Waals surface area (Å²) in [4.78, 5) is 18.8. The lowest BCUT2D eigenvalue weighted by molar-refractivity contribution is 0.0733. The van der Waals surface area contributed by atoms with Gasteiger partial charge in [-0.2, -0.15) is 0 Å². The summed E-state index contributed by atoms with van der Waals surface area (Å²) in [5.74, 6) is 0.0580. The first-order valence-electron chi connectivity index (χ1n) is 6.73. The molecule has 1 aliphatic heterocycles. The molecule has 3 rings (SSSR count). The molecule has 0 radical (unpaired) electrons. The zero-order valence-corrected chi connectivity index (χ0v) is 11.5. The molecule has 2 aromatic rings. The Hall–Kier alpha value is -2.36. The van der Waals surface area contributed by atoms with Gasteiger partial charge in [-0.05, 0) is 42.3 Å². The van der Waals surface area contributed by atoms with Crippen LogP contribution in [0.3, 0.4) is 0 Å². The van der Waals surface area contributed by atoms with Gasteiger partial charge in [-0.3, -0.25) is 9.78 Å². The smallest absolute Gasteiger partial charge is 0.254 e. The maximum Gasteiger partial charge on any atom is 0.254 e. The van der Waals surface area contributed by atoms with E-state index in [0.29, 0.717) is 18.7 Å². The van der Waals surface area contributed by atoms with Gasteiger partial charge in [0, 0.05) is 42.7 Å². The molecular weight excluding hydrogens is 250 g/mol. The predicted molar refractivity (Wildman–Crippen MR) is 78.3 cm³/mol. The summed E-state index contributed by atoms with van der Waals surface area (Å²) in [6.07, 6.45) is 2.62. The van der Waals surface area contributed by atoms with E-state index in [1.807, 2.05) is 30.0 Å². The van der Waals surface area contributed by atoms with Gasteiger partial charge < -0.3 is 10.6 Å². The number of aryl methyl sites for hydroxylation is 1. The van der Waals surface area contributed by atoms with Gasteiger partial charge in [-0.25, -0.2) is 0 Å². The van der Waals surface area contributed by atoms with Gasteiger partial charge in [0.1, 0.15) is 0 Å². The Labute approximate surface area is 118 Å². The summed E-state index contributed by atoms with van der Waals surface area (Å²) in [5, 5.41) is 0. The fourth-order valence-electron chi connectivity index (χ4n) is 2.53. The minimum Gasteiger partial charge on any atom is -0.399 e. The molecule has 0 unspecified atom stereocenters. The molecule has 2 N–H and O–H groups in total. The van der Waals surface area contributed by atoms with Crippen LogP contribution in [0, 0.1) is 6.92 Å². The van der Waals surface area contributed by atoms with E-state index in [1.165, 1.54) is 0 Å². The van der Waals surface area contributed by atoms with Crippen LogP contribution in [-0.2, 0) is 13.0 Å². The Morgan fingerprint density at radius 1 is 1.35 bits per heavy atom. The third-order valence-electron chi connectivity index (χ3n) is 3.77. The molecule has 1 aromatic heterocycles. The summed E-state index contributed by atoms with van der Waals surface area (Å²) in [6, 6.07) is 9.40. The minimum atomic E-state index is 0.0580. The van der Waals surface area contributed by atoms with Crippen molar-refractivity contribution in [3.63, 3.8) is 0 Å². The summed E-state index contributed by atoms with van der Waals surface area (Å²) < 4.78 is 0. The van der Waals surface area contributed by atoms with Crippen molar-refractivity contribution in [2.24, 2.45) is 0 Å². The number of aromatic nitrogens is 1. The van der Waals surface area contributed by atoms with E-state index >= 15 is 0 Å². The van der Waals surface area contributed by atoms with Gasteiger partial charge in [0.05, 0.1) is 0 Å². The molecule has 1 amide bonds. The van der Waals surface area contributed by atoms with Crippen LogP contribution in [0.25, 0.3) is 0 Å². The number of amides is 1. The number of carbonyl (C=O) groups excluding carboxylic acids is 1. The second-order valence-corrected chi connectivity index (χ2v) is 5.16. The van der Waals surface area contributed by atoms with E-state index in [4.69, 9.17) is 5.73 Å². The van der Waals surface area contributed by atoms with Crippen LogP contribution in [-0.4, -0.2) is 22.3 Å². The molecule has 20 heavy (non-hydrogen) atoms. The van der Waals surface area contributed by atoms with Crippen molar-refractivity contribution in [1.82, 2.24) is 9.88 Å². The van der Waals surface area contributed by atoms with E-state index in [-0.39, 0.29) is 5.91 Å². The number of pyridine rings is 1. The zero-order valence-electron chi connectivity index (χ0n) is 11.5. The quantitative estimate of drug-likeness (QED) is 0.806. The molecule has 0 atom stereocenters. The van der Waals surface area contributed by atoms with Crippen molar-refractivity contribution in [3.8, 4) is 0 Å². The highest BCUT2D eigenvalue weighted by Crippen LogP contribution is 2.20. The molecule has 4 nitrogen and oxygen atoms in total. The SMILES string of the molecule is Cc1cc(C(=O)N2CCc3ncccc3C2)ccc1N. The highest BCUT2D eigenvalue weighted by Gasteiger charge is 2.22. The average molecular weight is 267 g/mol. The molecule has 1 aliphatic rings. The van der Waals surface area contributed by atoms with Crippen LogP contribution in [0.5, 0.6) is 0 Å². The molecule has 1 aromatic carbocycles. The molecule has 0 spiro atoms. The molecule has 4 heteroatoms. The van der Waals surface area contributed by atoms with Crippen LogP contribution >= 0.6 is 0 Å². The molecule has 0 fully saturated rings. The van der Waals surface area contributed by atoms with E-state index in [9.17, 15) is 4.79 Å². The average Bonchev–Trinajstić information content (AvgIpc) is 2.49. The number of fused-ring (bicyclic) bond motifs is 1. The monoisotopic (exact) mass is 267 g/mol. The number of hydrogen-bond acceptors (Lipinski definition) is 3. The first-order chi connectivity index (χ1) is 9.65. The molecule has 102 valence electrons. The number of nitrogens with zero attached hydrogens (tertiary/aromatic N) is 2. The summed E-state index contributed by atoms with van der Waals surface area (Å²) in [5.41, 5.74) is 10.4. The number of anilines is 1. The Bertz CT molecular complexity index is 667. The number of benzene rings is 1. The highest BCUT2D eigenvalue weighted by atomic mass is 16.2. The van der Waals surface area contributed by atoms with Crippen molar-refractivity contribution in [3.05, 3.63) is 58.9 Å². The van der Waals surface area contributed by atoms with Gasteiger partial charge in [0.2, 0.25) is 0 Å². The van der Waals surface area contributed by atoms with Crippen molar-refractivity contribution < 1.29 is 4.79 Å². The second-order valence-electron chi connectivity index (χ2n) is 5.16. The van der Waals surface area contributed by atoms with Crippen LogP contribution in [0.15, 0.2) is 36.5 Å². The number of hydrogen-bond donors (Lipinski definition) is 1. The topological polar surface area (TPSA) is 59.2 Å². The van der Waals surface area contributed by atoms with E-state index in [2.05, 4.69) is 4.98 Å². The van der Waals surface area contributed by atoms with Crippen molar-refractivity contribution in [2.75, 3.05) is 12.3 Å². The summed E-state index contributed by atoms with van der Waals surface area (Å²) >= 11 is 0. The van der Waals surface area contributed by atoms with Gasteiger partial charge in [-0.1, -0.05) is 6.07 Å². The van der Waals surface area contributed by atoms with Crippen molar-refractivity contribution in [2.45, 2.75) is 19.9 Å². The van der Waals surface area contributed by atoms with Crippen LogP contribution in [0.4, 0.5) is 5.69 Å². The predicted octanol–water partition coefficient (Wildman–Crippen LogP) is 2.17. The highest BCUT2D eigenvalue weighted by molar-refractivity contribution is 5.95. The van der Waals surface area contributed by atoms with Crippen molar-refractivity contribution >= 4 is 11.6 Å². The van der Waals surface area contributed by atoms with Gasteiger partial charge >= 0.3 is 0 Å². The molecular formula is C16H17N3O. The minimum absolute atomic E-state index is 0.0580. The Morgan fingerprint density at radius 2 is 2.20 bits per heavy atom. The van der Waals surface area contributed by atoms with E-state index in [0.717, 1.165) is 28.9 Å². The maximum absolute atomic E-state index is 12.5. The van der Waals surface area contributed by atoms with Crippen LogP contribution < -0.4 is 5.73 Å². The van der Waals surface area contributed by atoms with Crippen molar-refractivity contribution in [1.29, 1.82) is 0 Å². The molecule has 0 saturated carbocycles. The number of nitrogen functional groups attached to an aromatic ring is 1. The fourth-order valence-corrected chi connectivity index (χ4v) is 2.53. The number of rotatable bonds is 1. The lowest BCUT2D eigenvalue weighted by Crippen LogP contribution is -2.36. The number of carbonyl (C=O) groups is 1.